The zero-order chi connectivity index (χ0) is 9.52. The molecule has 1 heterocycles. The third-order valence-corrected chi connectivity index (χ3v) is 2.23. The standard InChI is InChI=1S/C11H20O2/c1-3-5-7-10(4-2)11-12-8-6-9-13-11/h7,11H,3-6,8-9H2,1-2H3. The molecule has 1 rings (SSSR count). The molecule has 1 aliphatic rings. The summed E-state index contributed by atoms with van der Waals surface area (Å²) in [6.07, 6.45) is 6.59. The van der Waals surface area contributed by atoms with Gasteiger partial charge in [-0.05, 0) is 24.8 Å². The van der Waals surface area contributed by atoms with E-state index in [0.29, 0.717) is 0 Å². The number of allylic oxidation sites excluding steroid dienone is 1. The van der Waals surface area contributed by atoms with Crippen LogP contribution in [0.15, 0.2) is 11.6 Å². The van der Waals surface area contributed by atoms with Gasteiger partial charge in [0.2, 0.25) is 0 Å². The molecule has 1 fully saturated rings. The monoisotopic (exact) mass is 184 g/mol. The predicted molar refractivity (Wildman–Crippen MR) is 53.6 cm³/mol. The molecule has 0 saturated carbocycles. The lowest BCUT2D eigenvalue weighted by Crippen LogP contribution is -2.26. The molecule has 0 aromatic carbocycles. The summed E-state index contributed by atoms with van der Waals surface area (Å²) in [5, 5.41) is 0. The van der Waals surface area contributed by atoms with E-state index in [9.17, 15) is 0 Å². The Kier molecular flexibility index (Phi) is 5.09. The summed E-state index contributed by atoms with van der Waals surface area (Å²) in [5.41, 5.74) is 1.31. The lowest BCUT2D eigenvalue weighted by molar-refractivity contribution is -0.157. The summed E-state index contributed by atoms with van der Waals surface area (Å²) in [6, 6.07) is 0. The maximum absolute atomic E-state index is 5.54. The third kappa shape index (κ3) is 3.49. The summed E-state index contributed by atoms with van der Waals surface area (Å²) in [4.78, 5) is 0. The summed E-state index contributed by atoms with van der Waals surface area (Å²) < 4.78 is 11.1. The third-order valence-electron chi connectivity index (χ3n) is 2.23. The van der Waals surface area contributed by atoms with Crippen molar-refractivity contribution in [1.29, 1.82) is 0 Å². The molecule has 0 aliphatic carbocycles. The smallest absolute Gasteiger partial charge is 0.179 e. The summed E-state index contributed by atoms with van der Waals surface area (Å²) in [5.74, 6) is 0. The highest BCUT2D eigenvalue weighted by atomic mass is 16.7. The van der Waals surface area contributed by atoms with Gasteiger partial charge in [-0.2, -0.15) is 0 Å². The molecular weight excluding hydrogens is 164 g/mol. The molecule has 2 nitrogen and oxygen atoms in total. The van der Waals surface area contributed by atoms with Crippen LogP contribution in [0, 0.1) is 0 Å². The number of hydrogen-bond acceptors (Lipinski definition) is 2. The molecule has 0 radical (unpaired) electrons. The molecule has 0 spiro atoms. The number of hydrogen-bond donors (Lipinski definition) is 0. The average Bonchev–Trinajstić information content (AvgIpc) is 2.21. The maximum atomic E-state index is 5.54. The van der Waals surface area contributed by atoms with E-state index < -0.39 is 0 Å². The van der Waals surface area contributed by atoms with Gasteiger partial charge in [0.15, 0.2) is 6.29 Å². The summed E-state index contributed by atoms with van der Waals surface area (Å²) >= 11 is 0. The number of rotatable bonds is 4. The van der Waals surface area contributed by atoms with Crippen LogP contribution in [0.1, 0.15) is 39.5 Å². The first-order valence-corrected chi connectivity index (χ1v) is 5.30. The lowest BCUT2D eigenvalue weighted by Gasteiger charge is -2.25. The molecule has 0 atom stereocenters. The fraction of sp³-hybridized carbons (Fsp3) is 0.818. The van der Waals surface area contributed by atoms with Gasteiger partial charge in [-0.15, -0.1) is 0 Å². The van der Waals surface area contributed by atoms with Crippen LogP contribution in [0.2, 0.25) is 0 Å². The van der Waals surface area contributed by atoms with Crippen molar-refractivity contribution in [3.63, 3.8) is 0 Å². The highest BCUT2D eigenvalue weighted by Gasteiger charge is 2.16. The van der Waals surface area contributed by atoms with Crippen LogP contribution in [0.5, 0.6) is 0 Å². The van der Waals surface area contributed by atoms with Gasteiger partial charge in [0.05, 0.1) is 13.2 Å². The first-order valence-electron chi connectivity index (χ1n) is 5.30. The van der Waals surface area contributed by atoms with Gasteiger partial charge in [-0.25, -0.2) is 0 Å². The van der Waals surface area contributed by atoms with Crippen LogP contribution in [-0.4, -0.2) is 19.5 Å². The van der Waals surface area contributed by atoms with E-state index in [2.05, 4.69) is 19.9 Å². The molecule has 2 heteroatoms. The summed E-state index contributed by atoms with van der Waals surface area (Å²) in [6.45, 7) is 6.03. The van der Waals surface area contributed by atoms with Crippen LogP contribution in [0.3, 0.4) is 0 Å². The SMILES string of the molecule is CCCC=C(CC)C1OCCCO1. The summed E-state index contributed by atoms with van der Waals surface area (Å²) in [7, 11) is 0. The first kappa shape index (κ1) is 10.7. The highest BCUT2D eigenvalue weighted by Crippen LogP contribution is 2.17. The predicted octanol–water partition coefficient (Wildman–Crippen LogP) is 2.89. The van der Waals surface area contributed by atoms with E-state index in [-0.39, 0.29) is 6.29 Å². The Hall–Kier alpha value is -0.340. The molecule has 1 aliphatic heterocycles. The van der Waals surface area contributed by atoms with Gasteiger partial charge in [0.25, 0.3) is 0 Å². The molecule has 76 valence electrons. The molecule has 13 heavy (non-hydrogen) atoms. The van der Waals surface area contributed by atoms with E-state index in [1.807, 2.05) is 0 Å². The Morgan fingerprint density at radius 2 is 2.00 bits per heavy atom. The zero-order valence-electron chi connectivity index (χ0n) is 8.71. The quantitative estimate of drug-likeness (QED) is 0.625. The molecule has 0 unspecified atom stereocenters. The van der Waals surface area contributed by atoms with E-state index in [0.717, 1.165) is 32.5 Å². The van der Waals surface area contributed by atoms with Gasteiger partial charge in [0.1, 0.15) is 0 Å². The van der Waals surface area contributed by atoms with Gasteiger partial charge in [-0.3, -0.25) is 0 Å². The van der Waals surface area contributed by atoms with Crippen LogP contribution in [0.4, 0.5) is 0 Å². The molecule has 0 amide bonds. The molecular formula is C11H20O2. The van der Waals surface area contributed by atoms with E-state index in [4.69, 9.17) is 9.47 Å². The van der Waals surface area contributed by atoms with Crippen molar-refractivity contribution in [2.45, 2.75) is 45.8 Å². The minimum Gasteiger partial charge on any atom is -0.349 e. The van der Waals surface area contributed by atoms with Crippen LogP contribution in [0.25, 0.3) is 0 Å². The Balaban J connectivity index is 2.43. The average molecular weight is 184 g/mol. The Labute approximate surface area is 80.9 Å². The Morgan fingerprint density at radius 1 is 1.31 bits per heavy atom. The van der Waals surface area contributed by atoms with Crippen LogP contribution in [-0.2, 0) is 9.47 Å². The van der Waals surface area contributed by atoms with Crippen LogP contribution >= 0.6 is 0 Å². The Bertz CT molecular complexity index is 157. The Morgan fingerprint density at radius 3 is 2.54 bits per heavy atom. The van der Waals surface area contributed by atoms with E-state index in [1.54, 1.807) is 0 Å². The van der Waals surface area contributed by atoms with Crippen molar-refractivity contribution in [2.24, 2.45) is 0 Å². The van der Waals surface area contributed by atoms with Crippen molar-refractivity contribution in [2.75, 3.05) is 13.2 Å². The normalized spacial score (nSPS) is 20.6. The van der Waals surface area contributed by atoms with Crippen LogP contribution < -0.4 is 0 Å². The van der Waals surface area contributed by atoms with Gasteiger partial charge in [0, 0.05) is 0 Å². The molecule has 0 bridgehead atoms. The minimum atomic E-state index is -0.0506. The second-order valence-corrected chi connectivity index (χ2v) is 3.35. The lowest BCUT2D eigenvalue weighted by atomic mass is 10.1. The van der Waals surface area contributed by atoms with E-state index in [1.165, 1.54) is 12.0 Å². The topological polar surface area (TPSA) is 18.5 Å². The van der Waals surface area contributed by atoms with Gasteiger partial charge < -0.3 is 9.47 Å². The van der Waals surface area contributed by atoms with Gasteiger partial charge in [-0.1, -0.05) is 26.3 Å². The van der Waals surface area contributed by atoms with Crippen molar-refractivity contribution >= 4 is 0 Å². The molecule has 0 N–H and O–H groups in total. The second kappa shape index (κ2) is 6.17. The number of ether oxygens (including phenoxy) is 2. The maximum Gasteiger partial charge on any atom is 0.179 e. The largest absolute Gasteiger partial charge is 0.349 e. The first-order chi connectivity index (χ1) is 6.38. The van der Waals surface area contributed by atoms with Crippen molar-refractivity contribution in [3.8, 4) is 0 Å². The fourth-order valence-electron chi connectivity index (χ4n) is 1.44. The fourth-order valence-corrected chi connectivity index (χ4v) is 1.44. The number of unbranched alkanes of at least 4 members (excludes halogenated alkanes) is 1. The van der Waals surface area contributed by atoms with Crippen molar-refractivity contribution in [3.05, 3.63) is 11.6 Å². The second-order valence-electron chi connectivity index (χ2n) is 3.35. The molecule has 0 aromatic rings. The minimum absolute atomic E-state index is 0.0506. The molecule has 1 saturated heterocycles. The van der Waals surface area contributed by atoms with Crippen molar-refractivity contribution < 1.29 is 9.47 Å². The zero-order valence-corrected chi connectivity index (χ0v) is 8.71. The van der Waals surface area contributed by atoms with Crippen molar-refractivity contribution in [1.82, 2.24) is 0 Å². The highest BCUT2D eigenvalue weighted by molar-refractivity contribution is 5.05. The van der Waals surface area contributed by atoms with E-state index >= 15 is 0 Å². The molecule has 0 aromatic heterocycles. The van der Waals surface area contributed by atoms with Gasteiger partial charge >= 0.3 is 0 Å².